The third-order valence-corrected chi connectivity index (χ3v) is 7.12. The number of carbonyl (C=O) groups excluding carboxylic acids is 3. The van der Waals surface area contributed by atoms with E-state index in [0.717, 1.165) is 28.4 Å². The van der Waals surface area contributed by atoms with Crippen LogP contribution in [-0.2, 0) is 16.0 Å². The van der Waals surface area contributed by atoms with Crippen LogP contribution in [0.3, 0.4) is 0 Å². The summed E-state index contributed by atoms with van der Waals surface area (Å²) in [5.74, 6) is 0.287. The minimum Gasteiger partial charge on any atom is -0.491 e. The molecule has 8 nitrogen and oxygen atoms in total. The number of anilines is 2. The quantitative estimate of drug-likeness (QED) is 0.329. The molecule has 1 heterocycles. The zero-order valence-corrected chi connectivity index (χ0v) is 22.9. The molecule has 0 spiro atoms. The first-order chi connectivity index (χ1) is 18.3. The lowest BCUT2D eigenvalue weighted by Gasteiger charge is -2.25. The molecule has 2 N–H and O–H groups in total. The van der Waals surface area contributed by atoms with Crippen molar-refractivity contribution in [2.45, 2.75) is 32.2 Å². The van der Waals surface area contributed by atoms with Crippen LogP contribution < -0.4 is 15.4 Å². The second kappa shape index (κ2) is 12.6. The normalized spacial score (nSPS) is 14.6. The summed E-state index contributed by atoms with van der Waals surface area (Å²) in [6, 6.07) is 19.4. The molecule has 38 heavy (non-hydrogen) atoms. The van der Waals surface area contributed by atoms with Gasteiger partial charge in [-0.05, 0) is 89.3 Å². The number of nitrogens with one attached hydrogen (secondary N) is 2. The number of hydrogen-bond acceptors (Lipinski definition) is 5. The minimum absolute atomic E-state index is 0.00849. The summed E-state index contributed by atoms with van der Waals surface area (Å²) in [5, 5.41) is 5.68. The number of carbonyl (C=O) groups is 3. The fraction of sp³-hybridized carbons (Fsp3) is 0.276. The number of likely N-dealkylation sites (tertiary alicyclic amines) is 1. The fourth-order valence-corrected chi connectivity index (χ4v) is 4.81. The number of aryl methyl sites for hydroxylation is 1. The van der Waals surface area contributed by atoms with E-state index in [2.05, 4.69) is 26.6 Å². The molecule has 0 unspecified atom stereocenters. The Bertz CT molecular complexity index is 1310. The zero-order valence-electron chi connectivity index (χ0n) is 21.3. The molecule has 198 valence electrons. The molecule has 9 heteroatoms. The highest BCUT2D eigenvalue weighted by molar-refractivity contribution is 9.10. The van der Waals surface area contributed by atoms with Crippen molar-refractivity contribution < 1.29 is 23.9 Å². The summed E-state index contributed by atoms with van der Waals surface area (Å²) in [5.41, 5.74) is 3.56. The SMILES string of the molecule is COC(=O)c1ccc(OC[C@@H]2CCCN2C(=O)Cc2ccc(NC(=O)Nc3ccccc3Br)c(C)c2)cc1. The smallest absolute Gasteiger partial charge is 0.337 e. The van der Waals surface area contributed by atoms with Crippen molar-refractivity contribution in [3.8, 4) is 5.75 Å². The number of rotatable bonds is 8. The van der Waals surface area contributed by atoms with Gasteiger partial charge in [0.05, 0.1) is 30.8 Å². The molecule has 0 aromatic heterocycles. The van der Waals surface area contributed by atoms with Crippen molar-refractivity contribution in [1.29, 1.82) is 0 Å². The maximum Gasteiger partial charge on any atom is 0.337 e. The number of urea groups is 1. The highest BCUT2D eigenvalue weighted by Gasteiger charge is 2.29. The lowest BCUT2D eigenvalue weighted by Crippen LogP contribution is -2.39. The number of para-hydroxylation sites is 1. The number of esters is 1. The molecule has 4 rings (SSSR count). The van der Waals surface area contributed by atoms with Crippen molar-refractivity contribution in [1.82, 2.24) is 4.90 Å². The summed E-state index contributed by atoms with van der Waals surface area (Å²) in [4.78, 5) is 39.1. The van der Waals surface area contributed by atoms with Crippen LogP contribution >= 0.6 is 15.9 Å². The molecule has 1 saturated heterocycles. The number of methoxy groups -OCH3 is 1. The van der Waals surface area contributed by atoms with Gasteiger partial charge in [0.25, 0.3) is 0 Å². The maximum atomic E-state index is 13.1. The zero-order chi connectivity index (χ0) is 27.1. The number of halogens is 1. The molecule has 3 amide bonds. The second-order valence-corrected chi connectivity index (χ2v) is 9.95. The number of amides is 3. The van der Waals surface area contributed by atoms with E-state index in [9.17, 15) is 14.4 Å². The molecule has 1 atom stereocenters. The van der Waals surface area contributed by atoms with E-state index in [1.807, 2.05) is 54.3 Å². The summed E-state index contributed by atoms with van der Waals surface area (Å²) in [6.45, 7) is 2.99. The molecular weight excluding hydrogens is 550 g/mol. The standard InChI is InChI=1S/C29H30BrN3O5/c1-19-16-20(9-14-25(19)31-29(36)32-26-8-4-3-7-24(26)30)17-27(34)33-15-5-6-22(33)18-38-23-12-10-21(11-13-23)28(35)37-2/h3-4,7-14,16,22H,5-6,15,17-18H2,1-2H3,(H2,31,32,36)/t22-/m0/s1. The Labute approximate surface area is 230 Å². The first-order valence-electron chi connectivity index (χ1n) is 12.4. The Morgan fingerprint density at radius 1 is 1.00 bits per heavy atom. The third kappa shape index (κ3) is 6.92. The first-order valence-corrected chi connectivity index (χ1v) is 13.2. The van der Waals surface area contributed by atoms with Crippen LogP contribution in [0, 0.1) is 6.92 Å². The monoisotopic (exact) mass is 579 g/mol. The van der Waals surface area contributed by atoms with Crippen molar-refractivity contribution >= 4 is 45.2 Å². The molecular formula is C29H30BrN3O5. The Kier molecular flexibility index (Phi) is 9.02. The van der Waals surface area contributed by atoms with Gasteiger partial charge in [0.1, 0.15) is 12.4 Å². The Hall–Kier alpha value is -3.85. The van der Waals surface area contributed by atoms with Crippen molar-refractivity contribution in [3.05, 3.63) is 87.9 Å². The lowest BCUT2D eigenvalue weighted by molar-refractivity contribution is -0.131. The summed E-state index contributed by atoms with van der Waals surface area (Å²) < 4.78 is 11.4. The molecule has 1 aliphatic heterocycles. The number of nitrogens with zero attached hydrogens (tertiary/aromatic N) is 1. The van der Waals surface area contributed by atoms with Gasteiger partial charge in [-0.2, -0.15) is 0 Å². The van der Waals surface area contributed by atoms with Crippen LogP contribution in [-0.4, -0.2) is 49.1 Å². The van der Waals surface area contributed by atoms with Gasteiger partial charge in [0.15, 0.2) is 0 Å². The molecule has 0 aliphatic carbocycles. The van der Waals surface area contributed by atoms with Gasteiger partial charge in [0.2, 0.25) is 5.91 Å². The average Bonchev–Trinajstić information content (AvgIpc) is 3.39. The molecule has 0 saturated carbocycles. The van der Waals surface area contributed by atoms with Crippen LogP contribution in [0.15, 0.2) is 71.2 Å². The van der Waals surface area contributed by atoms with E-state index in [1.54, 1.807) is 24.3 Å². The van der Waals surface area contributed by atoms with Crippen LogP contribution in [0.1, 0.15) is 34.3 Å². The van der Waals surface area contributed by atoms with Gasteiger partial charge in [-0.3, -0.25) is 4.79 Å². The highest BCUT2D eigenvalue weighted by Crippen LogP contribution is 2.24. The number of benzene rings is 3. The van der Waals surface area contributed by atoms with Crippen LogP contribution in [0.4, 0.5) is 16.2 Å². The van der Waals surface area contributed by atoms with E-state index in [4.69, 9.17) is 9.47 Å². The second-order valence-electron chi connectivity index (χ2n) is 9.10. The molecule has 0 radical (unpaired) electrons. The van der Waals surface area contributed by atoms with Gasteiger partial charge in [-0.25, -0.2) is 9.59 Å². The summed E-state index contributed by atoms with van der Waals surface area (Å²) in [6.07, 6.45) is 2.07. The third-order valence-electron chi connectivity index (χ3n) is 6.43. The van der Waals surface area contributed by atoms with E-state index in [1.165, 1.54) is 7.11 Å². The lowest BCUT2D eigenvalue weighted by atomic mass is 10.1. The highest BCUT2D eigenvalue weighted by atomic mass is 79.9. The Morgan fingerprint density at radius 2 is 1.74 bits per heavy atom. The van der Waals surface area contributed by atoms with E-state index in [-0.39, 0.29) is 24.4 Å². The van der Waals surface area contributed by atoms with Crippen LogP contribution in [0.2, 0.25) is 0 Å². The fourth-order valence-electron chi connectivity index (χ4n) is 4.43. The van der Waals surface area contributed by atoms with Crippen LogP contribution in [0.5, 0.6) is 5.75 Å². The topological polar surface area (TPSA) is 97.0 Å². The van der Waals surface area contributed by atoms with E-state index in [0.29, 0.717) is 35.8 Å². The summed E-state index contributed by atoms with van der Waals surface area (Å²) in [7, 11) is 1.34. The molecule has 3 aromatic rings. The van der Waals surface area contributed by atoms with E-state index < -0.39 is 5.97 Å². The molecule has 0 bridgehead atoms. The van der Waals surface area contributed by atoms with Gasteiger partial charge >= 0.3 is 12.0 Å². The molecule has 1 fully saturated rings. The largest absolute Gasteiger partial charge is 0.491 e. The van der Waals surface area contributed by atoms with Gasteiger partial charge in [-0.15, -0.1) is 0 Å². The van der Waals surface area contributed by atoms with Gasteiger partial charge in [-0.1, -0.05) is 24.3 Å². The Balaban J connectivity index is 1.31. The first kappa shape index (κ1) is 27.2. The molecule has 1 aliphatic rings. The predicted molar refractivity (Wildman–Crippen MR) is 150 cm³/mol. The van der Waals surface area contributed by atoms with Crippen molar-refractivity contribution in [2.75, 3.05) is 30.9 Å². The van der Waals surface area contributed by atoms with Crippen molar-refractivity contribution in [3.63, 3.8) is 0 Å². The van der Waals surface area contributed by atoms with E-state index >= 15 is 0 Å². The van der Waals surface area contributed by atoms with Crippen LogP contribution in [0.25, 0.3) is 0 Å². The van der Waals surface area contributed by atoms with Crippen molar-refractivity contribution in [2.24, 2.45) is 0 Å². The maximum absolute atomic E-state index is 13.1. The van der Waals surface area contributed by atoms with Gasteiger partial charge in [0, 0.05) is 16.7 Å². The predicted octanol–water partition coefficient (Wildman–Crippen LogP) is 5.80. The van der Waals surface area contributed by atoms with Gasteiger partial charge < -0.3 is 25.0 Å². The number of hydrogen-bond donors (Lipinski definition) is 2. The average molecular weight is 580 g/mol. The molecule has 3 aromatic carbocycles. The Morgan fingerprint density at radius 3 is 2.45 bits per heavy atom. The summed E-state index contributed by atoms with van der Waals surface area (Å²) >= 11 is 3.42. The minimum atomic E-state index is -0.396. The number of ether oxygens (including phenoxy) is 2.